The Hall–Kier alpha value is -1.65. The summed E-state index contributed by atoms with van der Waals surface area (Å²) in [4.78, 5) is 14.4. The summed E-state index contributed by atoms with van der Waals surface area (Å²) < 4.78 is 5.46. The van der Waals surface area contributed by atoms with Crippen molar-refractivity contribution in [2.75, 3.05) is 13.2 Å². The second-order valence-electron chi connectivity index (χ2n) is 6.61. The van der Waals surface area contributed by atoms with E-state index in [-0.39, 0.29) is 12.2 Å². The summed E-state index contributed by atoms with van der Waals surface area (Å²) in [6.07, 6.45) is 4.33. The van der Waals surface area contributed by atoms with Gasteiger partial charge in [-0.05, 0) is 56.3 Å². The van der Waals surface area contributed by atoms with E-state index in [1.165, 1.54) is 12.8 Å². The molecule has 124 valence electrons. The Kier molecular flexibility index (Phi) is 4.83. The lowest BCUT2D eigenvalue weighted by molar-refractivity contribution is 0.113. The monoisotopic (exact) mass is 315 g/mol. The third-order valence-corrected chi connectivity index (χ3v) is 5.10. The third-order valence-electron chi connectivity index (χ3n) is 5.10. The minimum absolute atomic E-state index is 0.219. The number of aliphatic hydroxyl groups excluding tert-OH is 1. The van der Waals surface area contributed by atoms with Crippen molar-refractivity contribution in [2.24, 2.45) is 0 Å². The first-order valence-electron chi connectivity index (χ1n) is 8.48. The van der Waals surface area contributed by atoms with E-state index in [4.69, 9.17) is 4.42 Å². The SMILES string of the molecule is Cc1ccc2c(CN3CCCCC3CCO)cc(=O)oc2c1C. The molecule has 1 atom stereocenters. The van der Waals surface area contributed by atoms with Gasteiger partial charge in [0.2, 0.25) is 0 Å². The van der Waals surface area contributed by atoms with Crippen LogP contribution in [0.2, 0.25) is 0 Å². The fourth-order valence-electron chi connectivity index (χ4n) is 3.62. The number of aliphatic hydroxyl groups is 1. The lowest BCUT2D eigenvalue weighted by Crippen LogP contribution is -2.39. The van der Waals surface area contributed by atoms with Gasteiger partial charge in [0.25, 0.3) is 0 Å². The molecule has 1 N–H and O–H groups in total. The molecule has 1 aromatic carbocycles. The smallest absolute Gasteiger partial charge is 0.336 e. The highest BCUT2D eigenvalue weighted by Gasteiger charge is 2.23. The topological polar surface area (TPSA) is 53.7 Å². The van der Waals surface area contributed by atoms with Crippen molar-refractivity contribution in [1.82, 2.24) is 4.90 Å². The summed E-state index contributed by atoms with van der Waals surface area (Å²) in [5.74, 6) is 0. The molecule has 23 heavy (non-hydrogen) atoms. The minimum Gasteiger partial charge on any atom is -0.422 e. The second-order valence-corrected chi connectivity index (χ2v) is 6.61. The van der Waals surface area contributed by atoms with Crippen LogP contribution in [0, 0.1) is 13.8 Å². The largest absolute Gasteiger partial charge is 0.422 e. The van der Waals surface area contributed by atoms with Crippen molar-refractivity contribution in [3.63, 3.8) is 0 Å². The first kappa shape index (κ1) is 16.2. The fourth-order valence-corrected chi connectivity index (χ4v) is 3.62. The predicted octanol–water partition coefficient (Wildman–Crippen LogP) is 3.15. The number of fused-ring (bicyclic) bond motifs is 1. The van der Waals surface area contributed by atoms with E-state index in [0.29, 0.717) is 11.6 Å². The minimum atomic E-state index is -0.281. The Bertz CT molecular complexity index is 748. The van der Waals surface area contributed by atoms with Crippen LogP contribution in [0.25, 0.3) is 11.0 Å². The maximum Gasteiger partial charge on any atom is 0.336 e. The molecule has 0 bridgehead atoms. The molecule has 0 amide bonds. The zero-order valence-corrected chi connectivity index (χ0v) is 14.0. The van der Waals surface area contributed by atoms with Crippen molar-refractivity contribution in [1.29, 1.82) is 0 Å². The van der Waals surface area contributed by atoms with Crippen LogP contribution in [0.4, 0.5) is 0 Å². The average Bonchev–Trinajstić information content (AvgIpc) is 2.53. The van der Waals surface area contributed by atoms with E-state index in [1.807, 2.05) is 13.8 Å². The predicted molar refractivity (Wildman–Crippen MR) is 91.7 cm³/mol. The Morgan fingerprint density at radius 3 is 2.91 bits per heavy atom. The lowest BCUT2D eigenvalue weighted by Gasteiger charge is -2.35. The van der Waals surface area contributed by atoms with Crippen LogP contribution < -0.4 is 5.63 Å². The van der Waals surface area contributed by atoms with Crippen molar-refractivity contribution < 1.29 is 9.52 Å². The van der Waals surface area contributed by atoms with Gasteiger partial charge in [0, 0.05) is 30.6 Å². The molecule has 4 nitrogen and oxygen atoms in total. The molecule has 0 saturated carbocycles. The number of nitrogens with zero attached hydrogens (tertiary/aromatic N) is 1. The molecule has 0 radical (unpaired) electrons. The summed E-state index contributed by atoms with van der Waals surface area (Å²) in [6, 6.07) is 6.17. The second kappa shape index (κ2) is 6.85. The average molecular weight is 315 g/mol. The van der Waals surface area contributed by atoms with Gasteiger partial charge in [-0.3, -0.25) is 4.90 Å². The van der Waals surface area contributed by atoms with Gasteiger partial charge >= 0.3 is 5.63 Å². The van der Waals surface area contributed by atoms with Crippen LogP contribution >= 0.6 is 0 Å². The van der Waals surface area contributed by atoms with Crippen molar-refractivity contribution in [2.45, 2.75) is 52.1 Å². The number of rotatable bonds is 4. The zero-order valence-electron chi connectivity index (χ0n) is 14.0. The Morgan fingerprint density at radius 2 is 2.13 bits per heavy atom. The Labute approximate surface area is 136 Å². The molecule has 4 heteroatoms. The van der Waals surface area contributed by atoms with Gasteiger partial charge < -0.3 is 9.52 Å². The van der Waals surface area contributed by atoms with Gasteiger partial charge in [-0.15, -0.1) is 0 Å². The molecule has 1 aromatic heterocycles. The molecule has 1 aliphatic heterocycles. The van der Waals surface area contributed by atoms with E-state index < -0.39 is 0 Å². The maximum absolute atomic E-state index is 12.0. The van der Waals surface area contributed by atoms with Crippen molar-refractivity contribution in [3.8, 4) is 0 Å². The molecule has 1 unspecified atom stereocenters. The molecule has 2 heterocycles. The van der Waals surface area contributed by atoms with Crippen molar-refractivity contribution in [3.05, 3.63) is 45.3 Å². The summed E-state index contributed by atoms with van der Waals surface area (Å²) in [7, 11) is 0. The van der Waals surface area contributed by atoms with Gasteiger partial charge in [-0.1, -0.05) is 18.6 Å². The summed E-state index contributed by atoms with van der Waals surface area (Å²) in [6.45, 7) is 6.02. The van der Waals surface area contributed by atoms with Crippen LogP contribution in [-0.4, -0.2) is 29.2 Å². The third kappa shape index (κ3) is 3.33. The maximum atomic E-state index is 12.0. The molecular formula is C19H25NO3. The summed E-state index contributed by atoms with van der Waals surface area (Å²) >= 11 is 0. The molecule has 1 fully saturated rings. The van der Waals surface area contributed by atoms with Crippen LogP contribution in [-0.2, 0) is 6.54 Å². The Balaban J connectivity index is 1.99. The van der Waals surface area contributed by atoms with E-state index in [1.54, 1.807) is 6.07 Å². The number of likely N-dealkylation sites (tertiary alicyclic amines) is 1. The van der Waals surface area contributed by atoms with Crippen molar-refractivity contribution >= 4 is 11.0 Å². The molecule has 2 aromatic rings. The first-order valence-corrected chi connectivity index (χ1v) is 8.48. The van der Waals surface area contributed by atoms with E-state index >= 15 is 0 Å². The van der Waals surface area contributed by atoms with Gasteiger partial charge in [0.05, 0.1) is 0 Å². The molecule has 3 rings (SSSR count). The number of aryl methyl sites for hydroxylation is 2. The lowest BCUT2D eigenvalue weighted by atomic mass is 9.97. The van der Waals surface area contributed by atoms with E-state index in [0.717, 1.165) is 48.0 Å². The standard InChI is InChI=1S/C19H25NO3/c1-13-6-7-17-15(11-18(22)23-19(17)14(13)2)12-20-9-4-3-5-16(20)8-10-21/h6-7,11,16,21H,3-5,8-10,12H2,1-2H3. The van der Waals surface area contributed by atoms with Crippen LogP contribution in [0.5, 0.6) is 0 Å². The zero-order chi connectivity index (χ0) is 16.4. The molecular weight excluding hydrogens is 290 g/mol. The highest BCUT2D eigenvalue weighted by molar-refractivity contribution is 5.83. The van der Waals surface area contributed by atoms with Gasteiger partial charge in [0.15, 0.2) is 0 Å². The van der Waals surface area contributed by atoms with Gasteiger partial charge in [-0.25, -0.2) is 4.79 Å². The first-order chi connectivity index (χ1) is 11.1. The fraction of sp³-hybridized carbons (Fsp3) is 0.526. The number of hydrogen-bond donors (Lipinski definition) is 1. The summed E-state index contributed by atoms with van der Waals surface area (Å²) in [5, 5.41) is 10.3. The molecule has 1 saturated heterocycles. The van der Waals surface area contributed by atoms with E-state index in [9.17, 15) is 9.90 Å². The summed E-state index contributed by atoms with van der Waals surface area (Å²) in [5.41, 5.74) is 3.63. The number of piperidine rings is 1. The van der Waals surface area contributed by atoms with Gasteiger partial charge in [0.1, 0.15) is 5.58 Å². The van der Waals surface area contributed by atoms with Crippen LogP contribution in [0.1, 0.15) is 42.4 Å². The van der Waals surface area contributed by atoms with Crippen LogP contribution in [0.3, 0.4) is 0 Å². The molecule has 1 aliphatic rings. The molecule has 0 spiro atoms. The quantitative estimate of drug-likeness (QED) is 0.881. The normalized spacial score (nSPS) is 19.3. The van der Waals surface area contributed by atoms with E-state index in [2.05, 4.69) is 17.0 Å². The molecule has 0 aliphatic carbocycles. The highest BCUT2D eigenvalue weighted by Crippen LogP contribution is 2.27. The number of benzene rings is 1. The van der Waals surface area contributed by atoms with Gasteiger partial charge in [-0.2, -0.15) is 0 Å². The highest BCUT2D eigenvalue weighted by atomic mass is 16.4. The Morgan fingerprint density at radius 1 is 1.30 bits per heavy atom. The van der Waals surface area contributed by atoms with Crippen LogP contribution in [0.15, 0.2) is 27.4 Å². The number of hydrogen-bond acceptors (Lipinski definition) is 4.